The summed E-state index contributed by atoms with van der Waals surface area (Å²) in [6, 6.07) is 2.24. The van der Waals surface area contributed by atoms with E-state index >= 15 is 0 Å². The minimum absolute atomic E-state index is 0.0444. The molecule has 2 aliphatic rings. The van der Waals surface area contributed by atoms with Gasteiger partial charge in [-0.25, -0.2) is 4.79 Å². The van der Waals surface area contributed by atoms with E-state index in [9.17, 15) is 4.79 Å². The van der Waals surface area contributed by atoms with Crippen LogP contribution in [0, 0.1) is 0 Å². The van der Waals surface area contributed by atoms with Crippen molar-refractivity contribution in [1.82, 2.24) is 20.4 Å². The molecular formula is C15H30N4O. The molecule has 5 heteroatoms. The first-order chi connectivity index (χ1) is 9.49. The first-order valence-electron chi connectivity index (χ1n) is 7.94. The molecule has 2 atom stereocenters. The minimum Gasteiger partial charge on any atom is -0.337 e. The number of urea groups is 1. The van der Waals surface area contributed by atoms with E-state index in [1.807, 2.05) is 0 Å². The van der Waals surface area contributed by atoms with Gasteiger partial charge in [0.2, 0.25) is 0 Å². The van der Waals surface area contributed by atoms with Crippen LogP contribution in [0.25, 0.3) is 0 Å². The number of nitrogens with zero attached hydrogens (tertiary/aromatic N) is 2. The molecule has 2 N–H and O–H groups in total. The van der Waals surface area contributed by atoms with Gasteiger partial charge in [0, 0.05) is 37.3 Å². The lowest BCUT2D eigenvalue weighted by Crippen LogP contribution is -2.47. The zero-order chi connectivity index (χ0) is 14.7. The topological polar surface area (TPSA) is 47.6 Å². The summed E-state index contributed by atoms with van der Waals surface area (Å²) >= 11 is 0. The molecule has 20 heavy (non-hydrogen) atoms. The summed E-state index contributed by atoms with van der Waals surface area (Å²) in [5.74, 6) is 0. The Balaban J connectivity index is 1.57. The van der Waals surface area contributed by atoms with Gasteiger partial charge in [-0.15, -0.1) is 0 Å². The lowest BCUT2D eigenvalue weighted by molar-refractivity contribution is 0.213. The predicted molar refractivity (Wildman–Crippen MR) is 81.9 cm³/mol. The molecule has 0 aromatic rings. The summed E-state index contributed by atoms with van der Waals surface area (Å²) in [4.78, 5) is 16.5. The number of hydrogen-bond donors (Lipinski definition) is 2. The standard InChI is InChI=1S/C15H30N4O/c1-11(18(3)13-5-6-13)9-16-15(20)17-10-12(2)19(4)14-7-8-14/h11-14H,5-10H2,1-4H3,(H2,16,17,20). The molecule has 116 valence electrons. The Morgan fingerprint density at radius 3 is 1.60 bits per heavy atom. The quantitative estimate of drug-likeness (QED) is 0.704. The van der Waals surface area contributed by atoms with Crippen LogP contribution >= 0.6 is 0 Å². The molecule has 2 rings (SSSR count). The molecule has 0 aliphatic heterocycles. The predicted octanol–water partition coefficient (Wildman–Crippen LogP) is 1.25. The Morgan fingerprint density at radius 1 is 0.950 bits per heavy atom. The highest BCUT2D eigenvalue weighted by Crippen LogP contribution is 2.27. The van der Waals surface area contributed by atoms with Gasteiger partial charge in [0.15, 0.2) is 0 Å². The highest BCUT2D eigenvalue weighted by atomic mass is 16.2. The van der Waals surface area contributed by atoms with Crippen molar-refractivity contribution in [2.45, 2.75) is 63.7 Å². The van der Waals surface area contributed by atoms with Crippen LogP contribution in [0.4, 0.5) is 4.79 Å². The van der Waals surface area contributed by atoms with E-state index in [0.717, 1.165) is 12.1 Å². The Bertz CT molecular complexity index is 298. The monoisotopic (exact) mass is 282 g/mol. The minimum atomic E-state index is -0.0444. The van der Waals surface area contributed by atoms with Crippen LogP contribution in [-0.2, 0) is 0 Å². The van der Waals surface area contributed by atoms with Crippen molar-refractivity contribution in [3.63, 3.8) is 0 Å². The first kappa shape index (κ1) is 15.6. The van der Waals surface area contributed by atoms with E-state index in [1.165, 1.54) is 25.7 Å². The summed E-state index contributed by atoms with van der Waals surface area (Å²) < 4.78 is 0. The van der Waals surface area contributed by atoms with Gasteiger partial charge < -0.3 is 10.6 Å². The second kappa shape index (κ2) is 6.76. The molecule has 0 heterocycles. The second-order valence-corrected chi connectivity index (χ2v) is 6.58. The Labute approximate surface area is 123 Å². The fourth-order valence-electron chi connectivity index (χ4n) is 2.51. The van der Waals surface area contributed by atoms with Crippen molar-refractivity contribution in [2.75, 3.05) is 27.2 Å². The van der Waals surface area contributed by atoms with Crippen molar-refractivity contribution >= 4 is 6.03 Å². The zero-order valence-electron chi connectivity index (χ0n) is 13.4. The number of carbonyl (C=O) groups is 1. The van der Waals surface area contributed by atoms with E-state index in [-0.39, 0.29) is 6.03 Å². The van der Waals surface area contributed by atoms with Crippen molar-refractivity contribution in [1.29, 1.82) is 0 Å². The van der Waals surface area contributed by atoms with Gasteiger partial charge in [0.25, 0.3) is 0 Å². The van der Waals surface area contributed by atoms with E-state index < -0.39 is 0 Å². The van der Waals surface area contributed by atoms with Gasteiger partial charge in [0.1, 0.15) is 0 Å². The van der Waals surface area contributed by atoms with Gasteiger partial charge in [-0.05, 0) is 53.6 Å². The third-order valence-electron chi connectivity index (χ3n) is 4.75. The van der Waals surface area contributed by atoms with Crippen molar-refractivity contribution in [3.05, 3.63) is 0 Å². The zero-order valence-corrected chi connectivity index (χ0v) is 13.4. The molecule has 0 bridgehead atoms. The average molecular weight is 282 g/mol. The lowest BCUT2D eigenvalue weighted by Gasteiger charge is -2.26. The maximum atomic E-state index is 11.8. The van der Waals surface area contributed by atoms with Crippen LogP contribution in [0.5, 0.6) is 0 Å². The molecule has 0 radical (unpaired) electrons. The van der Waals surface area contributed by atoms with Gasteiger partial charge >= 0.3 is 6.03 Å². The summed E-state index contributed by atoms with van der Waals surface area (Å²) in [5, 5.41) is 5.95. The number of nitrogens with one attached hydrogen (secondary N) is 2. The molecule has 0 saturated heterocycles. The van der Waals surface area contributed by atoms with Crippen molar-refractivity contribution in [3.8, 4) is 0 Å². The van der Waals surface area contributed by atoms with Crippen LogP contribution in [0.15, 0.2) is 0 Å². The molecule has 2 amide bonds. The summed E-state index contributed by atoms with van der Waals surface area (Å²) in [6.07, 6.45) is 5.21. The normalized spacial score (nSPS) is 21.9. The van der Waals surface area contributed by atoms with Gasteiger partial charge in [-0.3, -0.25) is 9.80 Å². The van der Waals surface area contributed by atoms with E-state index in [2.05, 4.69) is 48.4 Å². The molecular weight excluding hydrogens is 252 g/mol. The maximum absolute atomic E-state index is 11.8. The molecule has 2 fully saturated rings. The lowest BCUT2D eigenvalue weighted by atomic mass is 10.3. The average Bonchev–Trinajstić information content (AvgIpc) is 3.31. The van der Waals surface area contributed by atoms with Gasteiger partial charge in [-0.1, -0.05) is 0 Å². The van der Waals surface area contributed by atoms with E-state index in [0.29, 0.717) is 25.2 Å². The van der Waals surface area contributed by atoms with Gasteiger partial charge in [-0.2, -0.15) is 0 Å². The fraction of sp³-hybridized carbons (Fsp3) is 0.933. The molecule has 0 aromatic heterocycles. The fourth-order valence-corrected chi connectivity index (χ4v) is 2.51. The molecule has 2 saturated carbocycles. The smallest absolute Gasteiger partial charge is 0.314 e. The number of amides is 2. The van der Waals surface area contributed by atoms with Crippen LogP contribution in [0.3, 0.4) is 0 Å². The van der Waals surface area contributed by atoms with Crippen molar-refractivity contribution < 1.29 is 4.79 Å². The van der Waals surface area contributed by atoms with E-state index in [4.69, 9.17) is 0 Å². The SMILES string of the molecule is CC(CNC(=O)NCC(C)N(C)C1CC1)N(C)C1CC1. The first-order valence-corrected chi connectivity index (χ1v) is 7.94. The Hall–Kier alpha value is -0.810. The maximum Gasteiger partial charge on any atom is 0.314 e. The Kier molecular flexibility index (Phi) is 5.27. The third kappa shape index (κ3) is 4.63. The summed E-state index contributed by atoms with van der Waals surface area (Å²) in [5.41, 5.74) is 0. The number of likely N-dealkylation sites (N-methyl/N-ethyl adjacent to an activating group) is 2. The Morgan fingerprint density at radius 2 is 1.30 bits per heavy atom. The summed E-state index contributed by atoms with van der Waals surface area (Å²) in [6.45, 7) is 5.77. The third-order valence-corrected chi connectivity index (χ3v) is 4.75. The molecule has 2 unspecified atom stereocenters. The molecule has 0 spiro atoms. The number of carbonyl (C=O) groups excluding carboxylic acids is 1. The summed E-state index contributed by atoms with van der Waals surface area (Å²) in [7, 11) is 4.29. The van der Waals surface area contributed by atoms with Crippen LogP contribution in [-0.4, -0.2) is 67.2 Å². The van der Waals surface area contributed by atoms with Crippen LogP contribution in [0.1, 0.15) is 39.5 Å². The van der Waals surface area contributed by atoms with Gasteiger partial charge in [0.05, 0.1) is 0 Å². The second-order valence-electron chi connectivity index (χ2n) is 6.58. The number of rotatable bonds is 8. The molecule has 5 nitrogen and oxygen atoms in total. The van der Waals surface area contributed by atoms with Crippen LogP contribution in [0.2, 0.25) is 0 Å². The van der Waals surface area contributed by atoms with Crippen LogP contribution < -0.4 is 10.6 Å². The molecule has 2 aliphatic carbocycles. The number of hydrogen-bond acceptors (Lipinski definition) is 3. The largest absolute Gasteiger partial charge is 0.337 e. The molecule has 0 aromatic carbocycles. The highest BCUT2D eigenvalue weighted by Gasteiger charge is 2.30. The van der Waals surface area contributed by atoms with Crippen molar-refractivity contribution in [2.24, 2.45) is 0 Å². The highest BCUT2D eigenvalue weighted by molar-refractivity contribution is 5.73. The van der Waals surface area contributed by atoms with E-state index in [1.54, 1.807) is 0 Å².